The van der Waals surface area contributed by atoms with Gasteiger partial charge in [-0.25, -0.2) is 4.79 Å². The van der Waals surface area contributed by atoms with Gasteiger partial charge in [-0.1, -0.05) is 48.5 Å². The highest BCUT2D eigenvalue weighted by atomic mass is 16.2. The summed E-state index contributed by atoms with van der Waals surface area (Å²) in [5.74, 6) is 0.188. The van der Waals surface area contributed by atoms with Crippen molar-refractivity contribution in [2.75, 3.05) is 18.0 Å². The van der Waals surface area contributed by atoms with Crippen molar-refractivity contribution in [2.24, 2.45) is 5.92 Å². The molecular formula is C24H29N3O2. The minimum absolute atomic E-state index is 0.00797. The first kappa shape index (κ1) is 19.5. The summed E-state index contributed by atoms with van der Waals surface area (Å²) in [6.07, 6.45) is 3.66. The molecule has 2 aliphatic rings. The van der Waals surface area contributed by atoms with Gasteiger partial charge in [-0.2, -0.15) is 0 Å². The van der Waals surface area contributed by atoms with Gasteiger partial charge in [-0.05, 0) is 50.3 Å². The molecule has 0 bridgehead atoms. The van der Waals surface area contributed by atoms with Crippen LogP contribution in [0.25, 0.3) is 0 Å². The topological polar surface area (TPSA) is 52.7 Å². The number of rotatable bonds is 5. The molecule has 0 aromatic heterocycles. The maximum absolute atomic E-state index is 13.5. The van der Waals surface area contributed by atoms with Crippen LogP contribution >= 0.6 is 0 Å². The SMILES string of the molecule is C[C@@H](c1ccccc1)N(C(=O)N1CCC(C(=O)NC2CC2)CC1)c1ccccc1. The van der Waals surface area contributed by atoms with Crippen LogP contribution in [-0.4, -0.2) is 36.0 Å². The van der Waals surface area contributed by atoms with Crippen molar-refractivity contribution in [3.63, 3.8) is 0 Å². The molecule has 2 aromatic rings. The molecule has 1 saturated heterocycles. The van der Waals surface area contributed by atoms with Crippen LogP contribution < -0.4 is 10.2 Å². The molecule has 3 amide bonds. The molecule has 2 aromatic carbocycles. The van der Waals surface area contributed by atoms with E-state index in [1.807, 2.05) is 58.3 Å². The molecular weight excluding hydrogens is 362 g/mol. The number of piperidine rings is 1. The minimum atomic E-state index is -0.0815. The minimum Gasteiger partial charge on any atom is -0.353 e. The fourth-order valence-electron chi connectivity index (χ4n) is 4.00. The Labute approximate surface area is 172 Å². The average Bonchev–Trinajstić information content (AvgIpc) is 3.59. The van der Waals surface area contributed by atoms with Gasteiger partial charge in [-0.15, -0.1) is 0 Å². The number of carbonyl (C=O) groups excluding carboxylic acids is 2. The van der Waals surface area contributed by atoms with E-state index in [2.05, 4.69) is 24.4 Å². The maximum Gasteiger partial charge on any atom is 0.325 e. The molecule has 152 valence electrons. The van der Waals surface area contributed by atoms with Crippen molar-refractivity contribution in [3.8, 4) is 0 Å². The normalized spacial score (nSPS) is 18.2. The first-order valence-electron chi connectivity index (χ1n) is 10.6. The zero-order valence-electron chi connectivity index (χ0n) is 17.0. The summed E-state index contributed by atoms with van der Waals surface area (Å²) in [4.78, 5) is 29.6. The summed E-state index contributed by atoms with van der Waals surface area (Å²) in [6, 6.07) is 20.3. The van der Waals surface area contributed by atoms with E-state index in [1.165, 1.54) is 0 Å². The van der Waals surface area contributed by atoms with E-state index in [1.54, 1.807) is 0 Å². The zero-order chi connectivity index (χ0) is 20.2. The summed E-state index contributed by atoms with van der Waals surface area (Å²) in [5, 5.41) is 3.10. The van der Waals surface area contributed by atoms with Crippen LogP contribution in [0, 0.1) is 5.92 Å². The van der Waals surface area contributed by atoms with E-state index < -0.39 is 0 Å². The van der Waals surface area contributed by atoms with Crippen LogP contribution in [0.4, 0.5) is 10.5 Å². The highest BCUT2D eigenvalue weighted by molar-refractivity contribution is 5.93. The van der Waals surface area contributed by atoms with Crippen molar-refractivity contribution in [1.82, 2.24) is 10.2 Å². The largest absolute Gasteiger partial charge is 0.353 e. The van der Waals surface area contributed by atoms with Gasteiger partial charge in [0, 0.05) is 30.7 Å². The molecule has 0 spiro atoms. The monoisotopic (exact) mass is 391 g/mol. The number of anilines is 1. The molecule has 1 saturated carbocycles. The third kappa shape index (κ3) is 4.61. The Balaban J connectivity index is 1.47. The predicted molar refractivity (Wildman–Crippen MR) is 115 cm³/mol. The smallest absolute Gasteiger partial charge is 0.325 e. The lowest BCUT2D eigenvalue weighted by molar-refractivity contribution is -0.126. The second-order valence-corrected chi connectivity index (χ2v) is 8.12. The van der Waals surface area contributed by atoms with E-state index in [0.717, 1.165) is 36.9 Å². The van der Waals surface area contributed by atoms with Gasteiger partial charge in [0.25, 0.3) is 0 Å². The van der Waals surface area contributed by atoms with Crippen molar-refractivity contribution in [1.29, 1.82) is 0 Å². The first-order valence-corrected chi connectivity index (χ1v) is 10.6. The van der Waals surface area contributed by atoms with Gasteiger partial charge in [0.05, 0.1) is 6.04 Å². The Bertz CT molecular complexity index is 828. The molecule has 1 aliphatic heterocycles. The van der Waals surface area contributed by atoms with Gasteiger partial charge in [-0.3, -0.25) is 9.69 Å². The number of urea groups is 1. The number of nitrogens with zero attached hydrogens (tertiary/aromatic N) is 2. The van der Waals surface area contributed by atoms with Crippen LogP contribution in [0.2, 0.25) is 0 Å². The molecule has 1 atom stereocenters. The van der Waals surface area contributed by atoms with E-state index in [9.17, 15) is 9.59 Å². The standard InChI is InChI=1S/C24H29N3O2/c1-18(19-8-4-2-5-9-19)27(22-10-6-3-7-11-22)24(29)26-16-14-20(15-17-26)23(28)25-21-12-13-21/h2-11,18,20-21H,12-17H2,1H3,(H,25,28)/t18-/m0/s1. The zero-order valence-corrected chi connectivity index (χ0v) is 17.0. The highest BCUT2D eigenvalue weighted by Gasteiger charge is 2.34. The molecule has 1 N–H and O–H groups in total. The summed E-state index contributed by atoms with van der Waals surface area (Å²) in [7, 11) is 0. The van der Waals surface area contributed by atoms with Gasteiger partial charge in [0.15, 0.2) is 0 Å². The number of hydrogen-bond donors (Lipinski definition) is 1. The molecule has 5 heteroatoms. The lowest BCUT2D eigenvalue weighted by atomic mass is 9.96. The van der Waals surface area contributed by atoms with Crippen molar-refractivity contribution < 1.29 is 9.59 Å². The van der Waals surface area contributed by atoms with Crippen LogP contribution in [0.1, 0.15) is 44.2 Å². The van der Waals surface area contributed by atoms with Gasteiger partial charge < -0.3 is 10.2 Å². The Morgan fingerprint density at radius 3 is 2.10 bits per heavy atom. The second-order valence-electron chi connectivity index (χ2n) is 8.12. The number of para-hydroxylation sites is 1. The Kier molecular flexibility index (Phi) is 5.84. The van der Waals surface area contributed by atoms with Crippen LogP contribution in [0.5, 0.6) is 0 Å². The molecule has 0 unspecified atom stereocenters. The number of nitrogens with one attached hydrogen (secondary N) is 1. The van der Waals surface area contributed by atoms with Gasteiger partial charge in [0.2, 0.25) is 5.91 Å². The third-order valence-electron chi connectivity index (χ3n) is 5.97. The number of benzene rings is 2. The Hall–Kier alpha value is -2.82. The Morgan fingerprint density at radius 1 is 0.931 bits per heavy atom. The molecule has 1 aliphatic carbocycles. The predicted octanol–water partition coefficient (Wildman–Crippen LogP) is 4.36. The summed E-state index contributed by atoms with van der Waals surface area (Å²) < 4.78 is 0. The van der Waals surface area contributed by atoms with E-state index in [-0.39, 0.29) is 23.9 Å². The molecule has 0 radical (unpaired) electrons. The van der Waals surface area contributed by atoms with Crippen molar-refractivity contribution >= 4 is 17.6 Å². The molecule has 2 fully saturated rings. The first-order chi connectivity index (χ1) is 14.1. The van der Waals surface area contributed by atoms with E-state index in [0.29, 0.717) is 19.1 Å². The average molecular weight is 392 g/mol. The third-order valence-corrected chi connectivity index (χ3v) is 5.97. The van der Waals surface area contributed by atoms with Crippen LogP contribution in [0.3, 0.4) is 0 Å². The lowest BCUT2D eigenvalue weighted by Crippen LogP contribution is -2.49. The van der Waals surface area contributed by atoms with Crippen molar-refractivity contribution in [2.45, 2.75) is 44.7 Å². The van der Waals surface area contributed by atoms with Gasteiger partial charge >= 0.3 is 6.03 Å². The van der Waals surface area contributed by atoms with Crippen molar-refractivity contribution in [3.05, 3.63) is 66.2 Å². The van der Waals surface area contributed by atoms with Crippen LogP contribution in [0.15, 0.2) is 60.7 Å². The molecule has 4 rings (SSSR count). The Morgan fingerprint density at radius 2 is 1.52 bits per heavy atom. The number of amides is 3. The summed E-state index contributed by atoms with van der Waals surface area (Å²) in [5.41, 5.74) is 1.99. The molecule has 1 heterocycles. The van der Waals surface area contributed by atoms with Crippen LogP contribution in [-0.2, 0) is 4.79 Å². The highest BCUT2D eigenvalue weighted by Crippen LogP contribution is 2.30. The van der Waals surface area contributed by atoms with Gasteiger partial charge in [0.1, 0.15) is 0 Å². The maximum atomic E-state index is 13.5. The fourth-order valence-corrected chi connectivity index (χ4v) is 4.00. The molecule has 29 heavy (non-hydrogen) atoms. The molecule has 5 nitrogen and oxygen atoms in total. The van der Waals surface area contributed by atoms with E-state index in [4.69, 9.17) is 0 Å². The lowest BCUT2D eigenvalue weighted by Gasteiger charge is -2.38. The quantitative estimate of drug-likeness (QED) is 0.823. The number of likely N-dealkylation sites (tertiary alicyclic amines) is 1. The number of carbonyl (C=O) groups is 2. The fraction of sp³-hybridized carbons (Fsp3) is 0.417. The van der Waals surface area contributed by atoms with E-state index >= 15 is 0 Å². The second kappa shape index (κ2) is 8.68. The summed E-state index contributed by atoms with van der Waals surface area (Å²) >= 11 is 0. The summed E-state index contributed by atoms with van der Waals surface area (Å²) in [6.45, 7) is 3.30. The number of hydrogen-bond acceptors (Lipinski definition) is 2.